The summed E-state index contributed by atoms with van der Waals surface area (Å²) >= 11 is 0. The maximum atomic E-state index is 13.3. The molecule has 0 amide bonds. The Labute approximate surface area is 113 Å². The summed E-state index contributed by atoms with van der Waals surface area (Å²) in [4.78, 5) is 0. The van der Waals surface area contributed by atoms with E-state index in [1.807, 2.05) is 25.1 Å². The molecular weight excluding hydrogens is 241 g/mol. The highest BCUT2D eigenvalue weighted by Gasteiger charge is 2.12. The average Bonchev–Trinajstić information content (AvgIpc) is 2.46. The Kier molecular flexibility index (Phi) is 4.53. The first kappa shape index (κ1) is 13.6. The molecule has 0 saturated carbocycles. The molecule has 0 aliphatic heterocycles. The van der Waals surface area contributed by atoms with E-state index in [4.69, 9.17) is 4.74 Å². The molecule has 0 aliphatic rings. The van der Waals surface area contributed by atoms with E-state index in [2.05, 4.69) is 17.4 Å². The van der Waals surface area contributed by atoms with Gasteiger partial charge in [0.15, 0.2) is 0 Å². The molecule has 2 aromatic carbocycles. The van der Waals surface area contributed by atoms with E-state index >= 15 is 0 Å². The van der Waals surface area contributed by atoms with Crippen LogP contribution in [0.1, 0.15) is 24.1 Å². The van der Waals surface area contributed by atoms with E-state index in [0.717, 1.165) is 12.1 Å². The maximum absolute atomic E-state index is 13.3. The minimum Gasteiger partial charge on any atom is -0.496 e. The van der Waals surface area contributed by atoms with Crippen LogP contribution in [0.2, 0.25) is 0 Å². The summed E-state index contributed by atoms with van der Waals surface area (Å²) in [6, 6.07) is 14.7. The summed E-state index contributed by atoms with van der Waals surface area (Å²) in [6.45, 7) is 2.74. The predicted molar refractivity (Wildman–Crippen MR) is 74.6 cm³/mol. The van der Waals surface area contributed by atoms with E-state index in [-0.39, 0.29) is 11.9 Å². The Hall–Kier alpha value is -1.87. The zero-order chi connectivity index (χ0) is 13.7. The van der Waals surface area contributed by atoms with Crippen LogP contribution in [0.5, 0.6) is 5.75 Å². The van der Waals surface area contributed by atoms with Gasteiger partial charge in [0.2, 0.25) is 0 Å². The fourth-order valence-electron chi connectivity index (χ4n) is 2.02. The molecule has 1 N–H and O–H groups in total. The summed E-state index contributed by atoms with van der Waals surface area (Å²) in [5.41, 5.74) is 2.03. The zero-order valence-electron chi connectivity index (χ0n) is 11.2. The average molecular weight is 259 g/mol. The summed E-state index contributed by atoms with van der Waals surface area (Å²) < 4.78 is 18.6. The number of rotatable bonds is 5. The summed E-state index contributed by atoms with van der Waals surface area (Å²) in [5.74, 6) is 0.457. The van der Waals surface area contributed by atoms with Crippen LogP contribution in [-0.4, -0.2) is 7.11 Å². The van der Waals surface area contributed by atoms with Gasteiger partial charge in [-0.3, -0.25) is 0 Å². The molecule has 100 valence electrons. The van der Waals surface area contributed by atoms with Gasteiger partial charge >= 0.3 is 0 Å². The van der Waals surface area contributed by atoms with Crippen molar-refractivity contribution in [3.63, 3.8) is 0 Å². The normalized spacial score (nSPS) is 12.2. The number of hydrogen-bond acceptors (Lipinski definition) is 2. The Morgan fingerprint density at radius 2 is 1.89 bits per heavy atom. The number of ether oxygens (including phenoxy) is 1. The molecule has 0 saturated heterocycles. The predicted octanol–water partition coefficient (Wildman–Crippen LogP) is 3.69. The topological polar surface area (TPSA) is 21.3 Å². The Morgan fingerprint density at radius 1 is 1.16 bits per heavy atom. The van der Waals surface area contributed by atoms with Crippen LogP contribution >= 0.6 is 0 Å². The molecule has 0 aromatic heterocycles. The first-order valence-corrected chi connectivity index (χ1v) is 6.31. The van der Waals surface area contributed by atoms with Crippen molar-refractivity contribution in [3.8, 4) is 5.75 Å². The maximum Gasteiger partial charge on any atom is 0.123 e. The molecule has 3 heteroatoms. The van der Waals surface area contributed by atoms with Crippen molar-refractivity contribution in [2.24, 2.45) is 0 Å². The third-order valence-corrected chi connectivity index (χ3v) is 3.11. The number of nitrogens with one attached hydrogen (secondary N) is 1. The van der Waals surface area contributed by atoms with E-state index < -0.39 is 0 Å². The molecule has 0 aliphatic carbocycles. The Morgan fingerprint density at radius 3 is 2.58 bits per heavy atom. The molecule has 2 rings (SSSR count). The molecule has 2 aromatic rings. The van der Waals surface area contributed by atoms with Gasteiger partial charge < -0.3 is 10.1 Å². The lowest BCUT2D eigenvalue weighted by molar-refractivity contribution is 0.399. The zero-order valence-corrected chi connectivity index (χ0v) is 11.2. The minimum absolute atomic E-state index is 0.0193. The summed E-state index contributed by atoms with van der Waals surface area (Å²) in [6.07, 6.45) is 0. The first-order valence-electron chi connectivity index (χ1n) is 6.31. The van der Waals surface area contributed by atoms with E-state index in [0.29, 0.717) is 5.75 Å². The van der Waals surface area contributed by atoms with Crippen molar-refractivity contribution in [2.45, 2.75) is 19.5 Å². The Bertz CT molecular complexity index is 528. The fourth-order valence-corrected chi connectivity index (χ4v) is 2.02. The molecule has 2 nitrogen and oxygen atoms in total. The third kappa shape index (κ3) is 3.55. The molecule has 0 radical (unpaired) electrons. The highest BCUT2D eigenvalue weighted by molar-refractivity contribution is 5.36. The standard InChI is InChI=1S/C16H18FNO/c1-12(18-11-13-6-4-3-5-7-13)15-10-14(17)8-9-16(15)19-2/h3-10,12,18H,11H2,1-2H3. The van der Waals surface area contributed by atoms with Gasteiger partial charge in [-0.05, 0) is 30.7 Å². The SMILES string of the molecule is COc1ccc(F)cc1C(C)NCc1ccccc1. The lowest BCUT2D eigenvalue weighted by Crippen LogP contribution is -2.18. The van der Waals surface area contributed by atoms with Gasteiger partial charge in [0.05, 0.1) is 7.11 Å². The monoisotopic (exact) mass is 259 g/mol. The smallest absolute Gasteiger partial charge is 0.123 e. The second kappa shape index (κ2) is 6.34. The van der Waals surface area contributed by atoms with Gasteiger partial charge in [-0.25, -0.2) is 4.39 Å². The van der Waals surface area contributed by atoms with Crippen LogP contribution in [0.4, 0.5) is 4.39 Å². The van der Waals surface area contributed by atoms with Crippen molar-refractivity contribution in [1.29, 1.82) is 0 Å². The van der Waals surface area contributed by atoms with E-state index in [1.165, 1.54) is 17.7 Å². The van der Waals surface area contributed by atoms with Crippen molar-refractivity contribution < 1.29 is 9.13 Å². The highest BCUT2D eigenvalue weighted by atomic mass is 19.1. The summed E-state index contributed by atoms with van der Waals surface area (Å²) in [5, 5.41) is 3.37. The highest BCUT2D eigenvalue weighted by Crippen LogP contribution is 2.25. The molecule has 1 atom stereocenters. The van der Waals surface area contributed by atoms with Crippen LogP contribution in [-0.2, 0) is 6.54 Å². The van der Waals surface area contributed by atoms with Gasteiger partial charge in [-0.1, -0.05) is 30.3 Å². The van der Waals surface area contributed by atoms with Crippen LogP contribution in [0.15, 0.2) is 48.5 Å². The lowest BCUT2D eigenvalue weighted by atomic mass is 10.1. The number of halogens is 1. The molecule has 0 heterocycles. The van der Waals surface area contributed by atoms with Crippen LogP contribution in [0, 0.1) is 5.82 Å². The lowest BCUT2D eigenvalue weighted by Gasteiger charge is -2.17. The van der Waals surface area contributed by atoms with Gasteiger partial charge in [-0.15, -0.1) is 0 Å². The van der Waals surface area contributed by atoms with Crippen molar-refractivity contribution in [2.75, 3.05) is 7.11 Å². The van der Waals surface area contributed by atoms with Gasteiger partial charge in [0, 0.05) is 18.2 Å². The third-order valence-electron chi connectivity index (χ3n) is 3.11. The second-order valence-electron chi connectivity index (χ2n) is 4.47. The number of benzene rings is 2. The minimum atomic E-state index is -0.246. The van der Waals surface area contributed by atoms with Crippen LogP contribution in [0.3, 0.4) is 0 Å². The quantitative estimate of drug-likeness (QED) is 0.884. The van der Waals surface area contributed by atoms with Crippen LogP contribution in [0.25, 0.3) is 0 Å². The molecule has 1 unspecified atom stereocenters. The van der Waals surface area contributed by atoms with E-state index in [9.17, 15) is 4.39 Å². The fraction of sp³-hybridized carbons (Fsp3) is 0.250. The van der Waals surface area contributed by atoms with Gasteiger partial charge in [-0.2, -0.15) is 0 Å². The Balaban J connectivity index is 2.07. The molecular formula is C16H18FNO. The van der Waals surface area contributed by atoms with Gasteiger partial charge in [0.1, 0.15) is 11.6 Å². The molecule has 0 spiro atoms. The molecule has 0 fully saturated rings. The van der Waals surface area contributed by atoms with Crippen molar-refractivity contribution in [1.82, 2.24) is 5.32 Å². The largest absolute Gasteiger partial charge is 0.496 e. The van der Waals surface area contributed by atoms with E-state index in [1.54, 1.807) is 13.2 Å². The number of hydrogen-bond donors (Lipinski definition) is 1. The van der Waals surface area contributed by atoms with Gasteiger partial charge in [0.25, 0.3) is 0 Å². The molecule has 0 bridgehead atoms. The van der Waals surface area contributed by atoms with Crippen molar-refractivity contribution in [3.05, 3.63) is 65.5 Å². The first-order chi connectivity index (χ1) is 9.20. The van der Waals surface area contributed by atoms with Crippen LogP contribution < -0.4 is 10.1 Å². The second-order valence-corrected chi connectivity index (χ2v) is 4.47. The summed E-state index contributed by atoms with van der Waals surface area (Å²) in [7, 11) is 1.60. The van der Waals surface area contributed by atoms with Crippen molar-refractivity contribution >= 4 is 0 Å². The molecule has 19 heavy (non-hydrogen) atoms. The number of methoxy groups -OCH3 is 1.